The van der Waals surface area contributed by atoms with E-state index in [-0.39, 0.29) is 12.0 Å². The molecular formula is C18H21ClN4O3. The van der Waals surface area contributed by atoms with Crippen LogP contribution in [0.4, 0.5) is 10.6 Å². The summed E-state index contributed by atoms with van der Waals surface area (Å²) in [5.41, 5.74) is 1.49. The lowest BCUT2D eigenvalue weighted by molar-refractivity contribution is 0.0224. The molecule has 0 saturated heterocycles. The molecule has 7 nitrogen and oxygen atoms in total. The normalized spacial score (nSPS) is 13.9. The number of nitrogens with one attached hydrogen (secondary N) is 2. The molecule has 0 aliphatic carbocycles. The fourth-order valence-corrected chi connectivity index (χ4v) is 2.92. The van der Waals surface area contributed by atoms with Crippen LogP contribution in [0.2, 0.25) is 5.02 Å². The summed E-state index contributed by atoms with van der Waals surface area (Å²) in [5.74, 6) is 0.0532. The smallest absolute Gasteiger partial charge is 0.410 e. The van der Waals surface area contributed by atoms with Gasteiger partial charge in [0.05, 0.1) is 17.1 Å². The molecule has 138 valence electrons. The number of aromatic nitrogens is 2. The van der Waals surface area contributed by atoms with Crippen LogP contribution in [0.3, 0.4) is 0 Å². The van der Waals surface area contributed by atoms with Gasteiger partial charge in [-0.3, -0.25) is 9.89 Å². The number of nitrogens with zero attached hydrogens (tertiary/aromatic N) is 2. The first-order valence-electron chi connectivity index (χ1n) is 8.34. The number of carbonyl (C=O) groups is 2. The molecule has 2 heterocycles. The molecule has 26 heavy (non-hydrogen) atoms. The number of carbonyl (C=O) groups excluding carboxylic acids is 2. The van der Waals surface area contributed by atoms with Crippen molar-refractivity contribution in [3.8, 4) is 0 Å². The minimum Gasteiger partial charge on any atom is -0.444 e. The standard InChI is InChI=1S/C18H21ClN4O3/c1-18(2,3)26-17(25)23-9-8-14-12(10-23)15(22-21-14)20-16(24)11-6-4-5-7-13(11)19/h4-7H,8-10H2,1-3H3,(H2,20,21,22,24). The Labute approximate surface area is 156 Å². The first-order chi connectivity index (χ1) is 12.2. The number of aromatic amines is 1. The van der Waals surface area contributed by atoms with E-state index in [0.29, 0.717) is 35.9 Å². The third-order valence-electron chi connectivity index (χ3n) is 3.94. The second-order valence-electron chi connectivity index (χ2n) is 7.12. The highest BCUT2D eigenvalue weighted by molar-refractivity contribution is 6.34. The van der Waals surface area contributed by atoms with E-state index in [1.807, 2.05) is 20.8 Å². The maximum absolute atomic E-state index is 12.5. The molecule has 1 aliphatic heterocycles. The van der Waals surface area contributed by atoms with Crippen molar-refractivity contribution in [2.45, 2.75) is 39.3 Å². The Morgan fingerprint density at radius 1 is 1.31 bits per heavy atom. The van der Waals surface area contributed by atoms with E-state index in [0.717, 1.165) is 11.3 Å². The van der Waals surface area contributed by atoms with Crippen molar-refractivity contribution in [2.75, 3.05) is 11.9 Å². The molecule has 2 amide bonds. The second-order valence-corrected chi connectivity index (χ2v) is 7.52. The number of halogens is 1. The summed E-state index contributed by atoms with van der Waals surface area (Å²) in [6.45, 7) is 6.33. The van der Waals surface area contributed by atoms with Crippen molar-refractivity contribution < 1.29 is 14.3 Å². The van der Waals surface area contributed by atoms with Crippen LogP contribution in [0, 0.1) is 0 Å². The number of rotatable bonds is 2. The molecule has 0 saturated carbocycles. The Morgan fingerprint density at radius 2 is 2.04 bits per heavy atom. The van der Waals surface area contributed by atoms with Crippen LogP contribution in [-0.2, 0) is 17.7 Å². The number of ether oxygens (including phenoxy) is 1. The third kappa shape index (κ3) is 3.99. The molecule has 1 aliphatic rings. The fraction of sp³-hybridized carbons (Fsp3) is 0.389. The number of H-pyrrole nitrogens is 1. The van der Waals surface area contributed by atoms with Gasteiger partial charge >= 0.3 is 6.09 Å². The average molecular weight is 377 g/mol. The number of hydrogen-bond acceptors (Lipinski definition) is 4. The van der Waals surface area contributed by atoms with Crippen LogP contribution in [0.25, 0.3) is 0 Å². The van der Waals surface area contributed by atoms with Crippen LogP contribution in [0.5, 0.6) is 0 Å². The molecule has 8 heteroatoms. The summed E-state index contributed by atoms with van der Waals surface area (Å²) in [5, 5.41) is 10.2. The third-order valence-corrected chi connectivity index (χ3v) is 4.27. The Morgan fingerprint density at radius 3 is 2.73 bits per heavy atom. The molecule has 0 radical (unpaired) electrons. The maximum atomic E-state index is 12.5. The first kappa shape index (κ1) is 18.3. The molecule has 1 aromatic heterocycles. The van der Waals surface area contributed by atoms with Gasteiger partial charge in [0.25, 0.3) is 5.91 Å². The van der Waals surface area contributed by atoms with Crippen molar-refractivity contribution in [3.63, 3.8) is 0 Å². The Kier molecular flexibility index (Phi) is 4.91. The molecule has 3 rings (SSSR count). The second kappa shape index (κ2) is 6.99. The predicted molar refractivity (Wildman–Crippen MR) is 98.3 cm³/mol. The van der Waals surface area contributed by atoms with Crippen LogP contribution >= 0.6 is 11.6 Å². The number of anilines is 1. The van der Waals surface area contributed by atoms with Gasteiger partial charge in [-0.2, -0.15) is 5.10 Å². The molecule has 0 spiro atoms. The van der Waals surface area contributed by atoms with Gasteiger partial charge < -0.3 is 15.0 Å². The van der Waals surface area contributed by atoms with Crippen LogP contribution < -0.4 is 5.32 Å². The lowest BCUT2D eigenvalue weighted by Gasteiger charge is -2.30. The summed E-state index contributed by atoms with van der Waals surface area (Å²) >= 11 is 6.07. The zero-order valence-corrected chi connectivity index (χ0v) is 15.7. The molecule has 0 atom stereocenters. The first-order valence-corrected chi connectivity index (χ1v) is 8.72. The van der Waals surface area contributed by atoms with Gasteiger partial charge in [-0.05, 0) is 32.9 Å². The molecule has 1 aromatic carbocycles. The maximum Gasteiger partial charge on any atom is 0.410 e. The van der Waals surface area contributed by atoms with E-state index in [4.69, 9.17) is 16.3 Å². The van der Waals surface area contributed by atoms with Crippen LogP contribution in [0.15, 0.2) is 24.3 Å². The fourth-order valence-electron chi connectivity index (χ4n) is 2.70. The summed E-state index contributed by atoms with van der Waals surface area (Å²) in [6, 6.07) is 6.80. The predicted octanol–water partition coefficient (Wildman–Crippen LogP) is 3.61. The van der Waals surface area contributed by atoms with Gasteiger partial charge in [0.15, 0.2) is 5.82 Å². The quantitative estimate of drug-likeness (QED) is 0.838. The van der Waals surface area contributed by atoms with E-state index in [1.165, 1.54) is 0 Å². The van der Waals surface area contributed by atoms with Gasteiger partial charge in [-0.25, -0.2) is 4.79 Å². The Balaban J connectivity index is 1.75. The summed E-state index contributed by atoms with van der Waals surface area (Å²) in [6.07, 6.45) is 0.233. The zero-order valence-electron chi connectivity index (χ0n) is 14.9. The van der Waals surface area contributed by atoms with E-state index in [2.05, 4.69) is 15.5 Å². The monoisotopic (exact) mass is 376 g/mol. The van der Waals surface area contributed by atoms with Crippen molar-refractivity contribution in [1.29, 1.82) is 0 Å². The van der Waals surface area contributed by atoms with Gasteiger partial charge in [0.2, 0.25) is 0 Å². The molecule has 2 N–H and O–H groups in total. The lowest BCUT2D eigenvalue weighted by Crippen LogP contribution is -2.40. The Hall–Kier alpha value is -2.54. The van der Waals surface area contributed by atoms with Gasteiger partial charge in [-0.1, -0.05) is 23.7 Å². The minimum absolute atomic E-state index is 0.318. The highest BCUT2D eigenvalue weighted by Crippen LogP contribution is 2.26. The van der Waals surface area contributed by atoms with Crippen LogP contribution in [-0.4, -0.2) is 39.2 Å². The van der Waals surface area contributed by atoms with Crippen molar-refractivity contribution in [1.82, 2.24) is 15.1 Å². The Bertz CT molecular complexity index is 841. The zero-order chi connectivity index (χ0) is 18.9. The molecule has 0 fully saturated rings. The summed E-state index contributed by atoms with van der Waals surface area (Å²) < 4.78 is 5.43. The number of amides is 2. The number of hydrogen-bond donors (Lipinski definition) is 2. The molecular weight excluding hydrogens is 356 g/mol. The van der Waals surface area contributed by atoms with Crippen molar-refractivity contribution >= 4 is 29.4 Å². The summed E-state index contributed by atoms with van der Waals surface area (Å²) in [7, 11) is 0. The number of benzene rings is 1. The average Bonchev–Trinajstić information content (AvgIpc) is 2.96. The van der Waals surface area contributed by atoms with Crippen molar-refractivity contribution in [2.24, 2.45) is 0 Å². The lowest BCUT2D eigenvalue weighted by atomic mass is 10.1. The molecule has 0 bridgehead atoms. The van der Waals surface area contributed by atoms with Gasteiger partial charge in [0.1, 0.15) is 5.60 Å². The van der Waals surface area contributed by atoms with E-state index in [9.17, 15) is 9.59 Å². The van der Waals surface area contributed by atoms with Crippen molar-refractivity contribution in [3.05, 3.63) is 46.1 Å². The molecule has 0 unspecified atom stereocenters. The van der Waals surface area contributed by atoms with E-state index < -0.39 is 5.60 Å². The van der Waals surface area contributed by atoms with Crippen LogP contribution in [0.1, 0.15) is 42.4 Å². The minimum atomic E-state index is -0.561. The van der Waals surface area contributed by atoms with Gasteiger partial charge in [-0.15, -0.1) is 0 Å². The summed E-state index contributed by atoms with van der Waals surface area (Å²) in [4.78, 5) is 26.4. The number of fused-ring (bicyclic) bond motifs is 1. The highest BCUT2D eigenvalue weighted by atomic mass is 35.5. The SMILES string of the molecule is CC(C)(C)OC(=O)N1CCc2[nH]nc(NC(=O)c3ccccc3Cl)c2C1. The van der Waals surface area contributed by atoms with Gasteiger partial charge in [0, 0.05) is 24.2 Å². The highest BCUT2D eigenvalue weighted by Gasteiger charge is 2.29. The molecule has 2 aromatic rings. The van der Waals surface area contributed by atoms with E-state index in [1.54, 1.807) is 29.2 Å². The van der Waals surface area contributed by atoms with E-state index >= 15 is 0 Å². The topological polar surface area (TPSA) is 87.3 Å². The largest absolute Gasteiger partial charge is 0.444 e.